The van der Waals surface area contributed by atoms with E-state index in [1.807, 2.05) is 6.07 Å². The van der Waals surface area contributed by atoms with Crippen molar-refractivity contribution in [1.29, 1.82) is 5.26 Å². The van der Waals surface area contributed by atoms with E-state index in [0.717, 1.165) is 11.8 Å². The number of aromatic nitrogens is 1. The number of pyridine rings is 1. The van der Waals surface area contributed by atoms with Crippen LogP contribution in [0.25, 0.3) is 0 Å². The summed E-state index contributed by atoms with van der Waals surface area (Å²) in [5.74, 6) is 0.443. The van der Waals surface area contributed by atoms with Crippen LogP contribution in [0.15, 0.2) is 41.4 Å². The second kappa shape index (κ2) is 5.81. The highest BCUT2D eigenvalue weighted by Gasteiger charge is 2.07. The molecule has 1 aromatic carbocycles. The maximum absolute atomic E-state index is 11.4. The SMILES string of the molecule is CS(=O)(=O)c1ccc(CNc2ncc(N)cc2C#N)cc1. The van der Waals surface area contributed by atoms with Gasteiger partial charge < -0.3 is 11.1 Å². The first-order valence-corrected chi connectivity index (χ1v) is 7.98. The van der Waals surface area contributed by atoms with Crippen molar-refractivity contribution in [3.05, 3.63) is 47.7 Å². The van der Waals surface area contributed by atoms with Gasteiger partial charge in [-0.2, -0.15) is 5.26 Å². The average molecular weight is 302 g/mol. The molecule has 0 atom stereocenters. The van der Waals surface area contributed by atoms with E-state index >= 15 is 0 Å². The predicted octanol–water partition coefficient (Wildman–Crippen LogP) is 1.55. The Morgan fingerprint density at radius 3 is 2.57 bits per heavy atom. The maximum atomic E-state index is 11.4. The number of anilines is 2. The summed E-state index contributed by atoms with van der Waals surface area (Å²) in [6.07, 6.45) is 2.63. The van der Waals surface area contributed by atoms with E-state index in [2.05, 4.69) is 10.3 Å². The minimum Gasteiger partial charge on any atom is -0.397 e. The number of nitrogens with two attached hydrogens (primary N) is 1. The molecule has 0 spiro atoms. The van der Waals surface area contributed by atoms with Gasteiger partial charge in [-0.1, -0.05) is 12.1 Å². The topological polar surface area (TPSA) is 109 Å². The number of nitrogens with one attached hydrogen (secondary N) is 1. The average Bonchev–Trinajstić information content (AvgIpc) is 2.45. The van der Waals surface area contributed by atoms with E-state index in [-0.39, 0.29) is 4.90 Å². The van der Waals surface area contributed by atoms with Crippen molar-refractivity contribution in [3.63, 3.8) is 0 Å². The molecule has 0 aliphatic rings. The molecule has 0 amide bonds. The molecule has 7 heteroatoms. The highest BCUT2D eigenvalue weighted by molar-refractivity contribution is 7.90. The second-order valence-electron chi connectivity index (χ2n) is 4.55. The van der Waals surface area contributed by atoms with E-state index in [4.69, 9.17) is 11.0 Å². The monoisotopic (exact) mass is 302 g/mol. The molecule has 0 unspecified atom stereocenters. The molecule has 2 aromatic rings. The summed E-state index contributed by atoms with van der Waals surface area (Å²) in [6.45, 7) is 0.426. The van der Waals surface area contributed by atoms with Gasteiger partial charge >= 0.3 is 0 Å². The third-order valence-corrected chi connectivity index (χ3v) is 3.97. The standard InChI is InChI=1S/C14H14N4O2S/c1-21(19,20)13-4-2-10(3-5-13)8-17-14-11(7-15)6-12(16)9-18-14/h2-6,9H,8,16H2,1H3,(H,17,18). The number of benzene rings is 1. The molecular weight excluding hydrogens is 288 g/mol. The zero-order valence-electron chi connectivity index (χ0n) is 11.4. The summed E-state index contributed by atoms with van der Waals surface area (Å²) >= 11 is 0. The normalized spacial score (nSPS) is 10.9. The zero-order chi connectivity index (χ0) is 15.5. The highest BCUT2D eigenvalue weighted by atomic mass is 32.2. The van der Waals surface area contributed by atoms with E-state index in [1.165, 1.54) is 6.20 Å². The Morgan fingerprint density at radius 1 is 1.33 bits per heavy atom. The summed E-state index contributed by atoms with van der Waals surface area (Å²) in [4.78, 5) is 4.34. The van der Waals surface area contributed by atoms with Crippen molar-refractivity contribution >= 4 is 21.3 Å². The lowest BCUT2D eigenvalue weighted by atomic mass is 10.2. The summed E-state index contributed by atoms with van der Waals surface area (Å²) in [6, 6.07) is 10.1. The fourth-order valence-corrected chi connectivity index (χ4v) is 2.38. The zero-order valence-corrected chi connectivity index (χ0v) is 12.2. The van der Waals surface area contributed by atoms with Crippen LogP contribution in [0.2, 0.25) is 0 Å². The molecule has 1 heterocycles. The molecule has 21 heavy (non-hydrogen) atoms. The van der Waals surface area contributed by atoms with E-state index in [0.29, 0.717) is 23.6 Å². The fraction of sp³-hybridized carbons (Fsp3) is 0.143. The summed E-state index contributed by atoms with van der Waals surface area (Å²) in [5, 5.41) is 12.0. The summed E-state index contributed by atoms with van der Waals surface area (Å²) in [5.41, 5.74) is 7.24. The van der Waals surface area contributed by atoms with Gasteiger partial charge in [-0.05, 0) is 23.8 Å². The second-order valence-corrected chi connectivity index (χ2v) is 6.56. The maximum Gasteiger partial charge on any atom is 0.175 e. The Balaban J connectivity index is 2.12. The van der Waals surface area contributed by atoms with E-state index < -0.39 is 9.84 Å². The van der Waals surface area contributed by atoms with Crippen LogP contribution in [0, 0.1) is 11.3 Å². The Kier molecular flexibility index (Phi) is 4.10. The van der Waals surface area contributed by atoms with Crippen LogP contribution in [0.3, 0.4) is 0 Å². The molecule has 1 aromatic heterocycles. The van der Waals surface area contributed by atoms with E-state index in [9.17, 15) is 8.42 Å². The smallest absolute Gasteiger partial charge is 0.175 e. The number of hydrogen-bond acceptors (Lipinski definition) is 6. The van der Waals surface area contributed by atoms with Crippen LogP contribution >= 0.6 is 0 Å². The van der Waals surface area contributed by atoms with Gasteiger partial charge in [0.15, 0.2) is 9.84 Å². The largest absolute Gasteiger partial charge is 0.397 e. The molecule has 0 saturated heterocycles. The predicted molar refractivity (Wildman–Crippen MR) is 80.2 cm³/mol. The number of rotatable bonds is 4. The highest BCUT2D eigenvalue weighted by Crippen LogP contribution is 2.16. The molecule has 0 bridgehead atoms. The van der Waals surface area contributed by atoms with Crippen molar-refractivity contribution in [1.82, 2.24) is 4.98 Å². The lowest BCUT2D eigenvalue weighted by Gasteiger charge is -2.08. The number of nitriles is 1. The first-order chi connectivity index (χ1) is 9.90. The number of nitrogens with zero attached hydrogens (tertiary/aromatic N) is 2. The Morgan fingerprint density at radius 2 is 2.00 bits per heavy atom. The van der Waals surface area contributed by atoms with Crippen LogP contribution in [-0.2, 0) is 16.4 Å². The number of sulfone groups is 1. The lowest BCUT2D eigenvalue weighted by molar-refractivity contribution is 0.602. The van der Waals surface area contributed by atoms with Crippen molar-refractivity contribution in [3.8, 4) is 6.07 Å². The molecule has 0 saturated carbocycles. The van der Waals surface area contributed by atoms with Crippen molar-refractivity contribution in [2.45, 2.75) is 11.4 Å². The Labute approximate surface area is 123 Å². The van der Waals surface area contributed by atoms with Crippen LogP contribution in [-0.4, -0.2) is 19.7 Å². The number of hydrogen-bond donors (Lipinski definition) is 2. The van der Waals surface area contributed by atoms with Gasteiger partial charge in [0.25, 0.3) is 0 Å². The van der Waals surface area contributed by atoms with Crippen LogP contribution in [0.4, 0.5) is 11.5 Å². The van der Waals surface area contributed by atoms with Gasteiger partial charge in [-0.25, -0.2) is 13.4 Å². The van der Waals surface area contributed by atoms with Gasteiger partial charge in [0.2, 0.25) is 0 Å². The quantitative estimate of drug-likeness (QED) is 0.887. The Hall–Kier alpha value is -2.59. The van der Waals surface area contributed by atoms with Gasteiger partial charge in [-0.15, -0.1) is 0 Å². The third kappa shape index (κ3) is 3.70. The molecule has 108 valence electrons. The van der Waals surface area contributed by atoms with Gasteiger partial charge in [0.05, 0.1) is 22.3 Å². The molecule has 2 rings (SSSR count). The third-order valence-electron chi connectivity index (χ3n) is 2.84. The minimum absolute atomic E-state index is 0.273. The number of nitrogen functional groups attached to an aromatic ring is 1. The molecule has 0 fully saturated rings. The van der Waals surface area contributed by atoms with Gasteiger partial charge in [0.1, 0.15) is 11.9 Å². The molecule has 3 N–H and O–H groups in total. The van der Waals surface area contributed by atoms with Gasteiger partial charge in [0, 0.05) is 12.8 Å². The summed E-state index contributed by atoms with van der Waals surface area (Å²) < 4.78 is 22.7. The molecular formula is C14H14N4O2S. The van der Waals surface area contributed by atoms with Crippen LogP contribution < -0.4 is 11.1 Å². The molecule has 0 aliphatic carbocycles. The van der Waals surface area contributed by atoms with Crippen LogP contribution in [0.5, 0.6) is 0 Å². The van der Waals surface area contributed by atoms with Crippen molar-refractivity contribution in [2.24, 2.45) is 0 Å². The molecule has 6 nitrogen and oxygen atoms in total. The fourth-order valence-electron chi connectivity index (χ4n) is 1.75. The minimum atomic E-state index is -3.19. The van der Waals surface area contributed by atoms with Crippen molar-refractivity contribution in [2.75, 3.05) is 17.3 Å². The molecule has 0 radical (unpaired) electrons. The van der Waals surface area contributed by atoms with E-state index in [1.54, 1.807) is 30.3 Å². The first-order valence-electron chi connectivity index (χ1n) is 6.08. The van der Waals surface area contributed by atoms with Gasteiger partial charge in [-0.3, -0.25) is 0 Å². The summed E-state index contributed by atoms with van der Waals surface area (Å²) in [7, 11) is -3.19. The van der Waals surface area contributed by atoms with Crippen molar-refractivity contribution < 1.29 is 8.42 Å². The Bertz CT molecular complexity index is 793. The van der Waals surface area contributed by atoms with Crippen LogP contribution in [0.1, 0.15) is 11.1 Å². The lowest BCUT2D eigenvalue weighted by Crippen LogP contribution is -2.05. The first kappa shape index (κ1) is 14.8. The molecule has 0 aliphatic heterocycles.